The summed E-state index contributed by atoms with van der Waals surface area (Å²) in [7, 11) is 0. The van der Waals surface area contributed by atoms with Gasteiger partial charge in [0.05, 0.1) is 12.3 Å². The van der Waals surface area contributed by atoms with Crippen molar-refractivity contribution < 1.29 is 19.0 Å². The molecule has 0 aliphatic carbocycles. The highest BCUT2D eigenvalue weighted by molar-refractivity contribution is 6.31. The van der Waals surface area contributed by atoms with E-state index in [4.69, 9.17) is 25.8 Å². The highest BCUT2D eigenvalue weighted by atomic mass is 35.5. The first-order valence-corrected chi connectivity index (χ1v) is 7.89. The van der Waals surface area contributed by atoms with E-state index in [-0.39, 0.29) is 12.8 Å². The zero-order valence-electron chi connectivity index (χ0n) is 13.1. The molecule has 0 saturated carbocycles. The van der Waals surface area contributed by atoms with Crippen molar-refractivity contribution >= 4 is 23.3 Å². The van der Waals surface area contributed by atoms with Crippen LogP contribution in [-0.2, 0) is 6.54 Å². The smallest absolute Gasteiger partial charge is 0.319 e. The molecule has 1 aliphatic rings. The Morgan fingerprint density at radius 1 is 1.21 bits per heavy atom. The first-order valence-electron chi connectivity index (χ1n) is 7.51. The van der Waals surface area contributed by atoms with Gasteiger partial charge in [0.25, 0.3) is 0 Å². The molecule has 3 rings (SSSR count). The predicted octanol–water partition coefficient (Wildman–Crippen LogP) is 3.79. The van der Waals surface area contributed by atoms with Crippen molar-refractivity contribution in [2.75, 3.05) is 18.7 Å². The number of urea groups is 1. The number of benzene rings is 2. The molecule has 24 heavy (non-hydrogen) atoms. The average molecular weight is 349 g/mol. The number of halogens is 1. The summed E-state index contributed by atoms with van der Waals surface area (Å²) in [5.74, 6) is 1.96. The van der Waals surface area contributed by atoms with E-state index < -0.39 is 0 Å². The van der Waals surface area contributed by atoms with Crippen LogP contribution in [0.25, 0.3) is 0 Å². The van der Waals surface area contributed by atoms with Crippen LogP contribution < -0.4 is 24.8 Å². The monoisotopic (exact) mass is 348 g/mol. The lowest BCUT2D eigenvalue weighted by Gasteiger charge is -2.13. The SMILES string of the molecule is CCOc1ccc(Cl)cc1NC(=O)NCc1ccc2c(c1)OCO2. The molecule has 0 aromatic heterocycles. The number of hydrogen-bond donors (Lipinski definition) is 2. The van der Waals surface area contributed by atoms with E-state index >= 15 is 0 Å². The number of hydrogen-bond acceptors (Lipinski definition) is 4. The van der Waals surface area contributed by atoms with Crippen molar-refractivity contribution in [3.63, 3.8) is 0 Å². The minimum absolute atomic E-state index is 0.224. The number of carbonyl (C=O) groups excluding carboxylic acids is 1. The summed E-state index contributed by atoms with van der Waals surface area (Å²) in [6.07, 6.45) is 0. The van der Waals surface area contributed by atoms with Crippen LogP contribution in [0.5, 0.6) is 17.2 Å². The van der Waals surface area contributed by atoms with E-state index in [1.54, 1.807) is 18.2 Å². The number of amides is 2. The van der Waals surface area contributed by atoms with Crippen LogP contribution in [-0.4, -0.2) is 19.4 Å². The van der Waals surface area contributed by atoms with Crippen LogP contribution in [0.2, 0.25) is 5.02 Å². The lowest BCUT2D eigenvalue weighted by molar-refractivity contribution is 0.174. The number of nitrogens with one attached hydrogen (secondary N) is 2. The molecule has 7 heteroatoms. The van der Waals surface area contributed by atoms with Gasteiger partial charge < -0.3 is 24.8 Å². The predicted molar refractivity (Wildman–Crippen MR) is 91.0 cm³/mol. The van der Waals surface area contributed by atoms with Gasteiger partial charge in [-0.15, -0.1) is 0 Å². The fraction of sp³-hybridized carbons (Fsp3) is 0.235. The second-order valence-electron chi connectivity index (χ2n) is 5.07. The molecule has 0 bridgehead atoms. The van der Waals surface area contributed by atoms with Crippen LogP contribution in [0.1, 0.15) is 12.5 Å². The first-order chi connectivity index (χ1) is 11.7. The van der Waals surface area contributed by atoms with Gasteiger partial charge in [0, 0.05) is 11.6 Å². The second kappa shape index (κ2) is 7.31. The summed E-state index contributed by atoms with van der Waals surface area (Å²) in [5, 5.41) is 6.04. The van der Waals surface area contributed by atoms with E-state index in [0.717, 1.165) is 5.56 Å². The third kappa shape index (κ3) is 3.83. The molecule has 0 saturated heterocycles. The maximum Gasteiger partial charge on any atom is 0.319 e. The van der Waals surface area contributed by atoms with Crippen molar-refractivity contribution in [2.24, 2.45) is 0 Å². The normalized spacial score (nSPS) is 11.9. The van der Waals surface area contributed by atoms with Crippen molar-refractivity contribution in [1.29, 1.82) is 0 Å². The first kappa shape index (κ1) is 16.3. The third-order valence-corrected chi connectivity index (χ3v) is 3.61. The lowest BCUT2D eigenvalue weighted by atomic mass is 10.2. The quantitative estimate of drug-likeness (QED) is 0.862. The van der Waals surface area contributed by atoms with Gasteiger partial charge in [0.2, 0.25) is 6.79 Å². The standard InChI is InChI=1S/C17H17ClN2O4/c1-2-22-14-6-4-12(18)8-13(14)20-17(21)19-9-11-3-5-15-16(7-11)24-10-23-15/h3-8H,2,9-10H2,1H3,(H2,19,20,21). The molecule has 2 aromatic rings. The molecule has 0 unspecified atom stereocenters. The van der Waals surface area contributed by atoms with Gasteiger partial charge in [0.1, 0.15) is 5.75 Å². The van der Waals surface area contributed by atoms with Gasteiger partial charge >= 0.3 is 6.03 Å². The van der Waals surface area contributed by atoms with Gasteiger partial charge in [-0.1, -0.05) is 17.7 Å². The Balaban J connectivity index is 1.61. The number of rotatable bonds is 5. The van der Waals surface area contributed by atoms with Crippen LogP contribution in [0.15, 0.2) is 36.4 Å². The summed E-state index contributed by atoms with van der Waals surface area (Å²) in [6, 6.07) is 10.3. The topological polar surface area (TPSA) is 68.8 Å². The fourth-order valence-corrected chi connectivity index (χ4v) is 2.45. The largest absolute Gasteiger partial charge is 0.492 e. The van der Waals surface area contributed by atoms with Crippen molar-refractivity contribution in [3.8, 4) is 17.2 Å². The molecule has 0 atom stereocenters. The minimum Gasteiger partial charge on any atom is -0.492 e. The maximum atomic E-state index is 12.1. The van der Waals surface area contributed by atoms with E-state index in [9.17, 15) is 4.79 Å². The Morgan fingerprint density at radius 2 is 2.04 bits per heavy atom. The number of ether oxygens (including phenoxy) is 3. The zero-order chi connectivity index (χ0) is 16.9. The highest BCUT2D eigenvalue weighted by Gasteiger charge is 2.14. The number of anilines is 1. The molecule has 0 radical (unpaired) electrons. The summed E-state index contributed by atoms with van der Waals surface area (Å²) in [6.45, 7) is 2.95. The summed E-state index contributed by atoms with van der Waals surface area (Å²) >= 11 is 5.97. The van der Waals surface area contributed by atoms with Crippen LogP contribution in [0.4, 0.5) is 10.5 Å². The lowest BCUT2D eigenvalue weighted by Crippen LogP contribution is -2.28. The molecule has 1 aliphatic heterocycles. The molecule has 2 amide bonds. The molecule has 2 aromatic carbocycles. The zero-order valence-corrected chi connectivity index (χ0v) is 13.9. The molecule has 0 spiro atoms. The Kier molecular flexibility index (Phi) is 4.96. The van der Waals surface area contributed by atoms with Crippen LogP contribution in [0.3, 0.4) is 0 Å². The van der Waals surface area contributed by atoms with Crippen LogP contribution >= 0.6 is 11.6 Å². The molecule has 0 fully saturated rings. The molecular formula is C17H17ClN2O4. The highest BCUT2D eigenvalue weighted by Crippen LogP contribution is 2.32. The van der Waals surface area contributed by atoms with Crippen LogP contribution in [0, 0.1) is 0 Å². The fourth-order valence-electron chi connectivity index (χ4n) is 2.28. The van der Waals surface area contributed by atoms with Gasteiger partial charge in [0.15, 0.2) is 11.5 Å². The maximum absolute atomic E-state index is 12.1. The molecule has 2 N–H and O–H groups in total. The van der Waals surface area contributed by atoms with Gasteiger partial charge in [-0.2, -0.15) is 0 Å². The second-order valence-corrected chi connectivity index (χ2v) is 5.51. The summed E-state index contributed by atoms with van der Waals surface area (Å²) in [5.41, 5.74) is 1.43. The Labute approximate surface area is 144 Å². The summed E-state index contributed by atoms with van der Waals surface area (Å²) < 4.78 is 16.0. The Morgan fingerprint density at radius 3 is 2.88 bits per heavy atom. The van der Waals surface area contributed by atoms with E-state index in [2.05, 4.69) is 10.6 Å². The molecule has 126 valence electrons. The van der Waals surface area contributed by atoms with E-state index in [1.165, 1.54) is 0 Å². The van der Waals surface area contributed by atoms with Crippen molar-refractivity contribution in [1.82, 2.24) is 5.32 Å². The molecule has 1 heterocycles. The van der Waals surface area contributed by atoms with Crippen molar-refractivity contribution in [2.45, 2.75) is 13.5 Å². The molecular weight excluding hydrogens is 332 g/mol. The number of carbonyl (C=O) groups is 1. The van der Waals surface area contributed by atoms with Gasteiger partial charge in [-0.3, -0.25) is 0 Å². The van der Waals surface area contributed by atoms with Gasteiger partial charge in [-0.05, 0) is 42.8 Å². The Hall–Kier alpha value is -2.60. The average Bonchev–Trinajstić information content (AvgIpc) is 3.03. The Bertz CT molecular complexity index is 751. The summed E-state index contributed by atoms with van der Waals surface area (Å²) in [4.78, 5) is 12.1. The third-order valence-electron chi connectivity index (χ3n) is 3.38. The van der Waals surface area contributed by atoms with E-state index in [1.807, 2.05) is 25.1 Å². The number of fused-ring (bicyclic) bond motifs is 1. The van der Waals surface area contributed by atoms with Crippen molar-refractivity contribution in [3.05, 3.63) is 47.0 Å². The van der Waals surface area contributed by atoms with E-state index in [0.29, 0.717) is 41.1 Å². The molecule has 6 nitrogen and oxygen atoms in total. The van der Waals surface area contributed by atoms with Gasteiger partial charge in [-0.25, -0.2) is 4.79 Å². The minimum atomic E-state index is -0.351.